The molecule has 3 heterocycles. The fraction of sp³-hybridized carbons (Fsp3) is 0.364. The third-order valence-electron chi connectivity index (χ3n) is 6.15. The van der Waals surface area contributed by atoms with E-state index in [1.807, 2.05) is 24.3 Å². The standard InChI is InChI=1S/C22H20ClF3N4O/c23-14-6-7-18-16(10-14)28-19(29(18)9-3-8-22(24,25)26)11-30-17-5-2-1-4-15(17)21(20(30)31)12-27-13-21/h1-2,4-7,10,27H,3,8-9,11-13H2. The summed E-state index contributed by atoms with van der Waals surface area (Å²) in [4.78, 5) is 19.7. The van der Waals surface area contributed by atoms with Gasteiger partial charge in [0.15, 0.2) is 0 Å². The highest BCUT2D eigenvalue weighted by molar-refractivity contribution is 6.31. The van der Waals surface area contributed by atoms with Gasteiger partial charge in [-0.25, -0.2) is 4.98 Å². The lowest BCUT2D eigenvalue weighted by molar-refractivity contribution is -0.135. The minimum Gasteiger partial charge on any atom is -0.326 e. The van der Waals surface area contributed by atoms with E-state index in [0.717, 1.165) is 11.3 Å². The molecule has 2 aromatic carbocycles. The normalized spacial score (nSPS) is 17.4. The molecule has 5 rings (SSSR count). The molecule has 0 atom stereocenters. The molecule has 2 aliphatic heterocycles. The highest BCUT2D eigenvalue weighted by atomic mass is 35.5. The lowest BCUT2D eigenvalue weighted by atomic mass is 9.76. The van der Waals surface area contributed by atoms with Crippen LogP contribution in [-0.2, 0) is 23.3 Å². The van der Waals surface area contributed by atoms with Gasteiger partial charge in [-0.05, 0) is 36.2 Å². The molecule has 0 radical (unpaired) electrons. The maximum absolute atomic E-state index is 13.4. The molecule has 162 valence electrons. The number of alkyl halides is 3. The number of anilines is 1. The Bertz CT molecular complexity index is 1170. The fourth-order valence-corrected chi connectivity index (χ4v) is 4.74. The molecule has 1 aromatic heterocycles. The van der Waals surface area contributed by atoms with Crippen molar-refractivity contribution in [3.05, 3.63) is 58.9 Å². The molecule has 1 fully saturated rings. The third kappa shape index (κ3) is 3.38. The van der Waals surface area contributed by atoms with Crippen LogP contribution in [0.5, 0.6) is 0 Å². The zero-order valence-corrected chi connectivity index (χ0v) is 17.3. The van der Waals surface area contributed by atoms with Gasteiger partial charge in [-0.15, -0.1) is 0 Å². The van der Waals surface area contributed by atoms with Crippen LogP contribution in [0.4, 0.5) is 18.9 Å². The number of para-hydroxylation sites is 1. The van der Waals surface area contributed by atoms with Gasteiger partial charge in [-0.3, -0.25) is 4.79 Å². The second-order valence-electron chi connectivity index (χ2n) is 8.13. The number of amides is 1. The number of nitrogens with one attached hydrogen (secondary N) is 1. The summed E-state index contributed by atoms with van der Waals surface area (Å²) in [6.45, 7) is 1.51. The monoisotopic (exact) mass is 448 g/mol. The molecule has 1 amide bonds. The Morgan fingerprint density at radius 2 is 1.94 bits per heavy atom. The number of aromatic nitrogens is 2. The summed E-state index contributed by atoms with van der Waals surface area (Å²) in [5.74, 6) is 0.548. The largest absolute Gasteiger partial charge is 0.389 e. The van der Waals surface area contributed by atoms with Gasteiger partial charge in [0.25, 0.3) is 0 Å². The molecule has 9 heteroatoms. The van der Waals surface area contributed by atoms with Crippen molar-refractivity contribution < 1.29 is 18.0 Å². The molecule has 1 spiro atoms. The van der Waals surface area contributed by atoms with Crippen LogP contribution in [0, 0.1) is 0 Å². The lowest BCUT2D eigenvalue weighted by Gasteiger charge is -2.38. The first-order chi connectivity index (χ1) is 14.8. The van der Waals surface area contributed by atoms with Crippen molar-refractivity contribution in [3.8, 4) is 0 Å². The fourth-order valence-electron chi connectivity index (χ4n) is 4.57. The van der Waals surface area contributed by atoms with Gasteiger partial charge in [-0.2, -0.15) is 13.2 Å². The Morgan fingerprint density at radius 3 is 2.65 bits per heavy atom. The van der Waals surface area contributed by atoms with Crippen LogP contribution in [-0.4, -0.2) is 34.7 Å². The number of rotatable bonds is 5. The number of hydrogen-bond donors (Lipinski definition) is 1. The van der Waals surface area contributed by atoms with Crippen LogP contribution in [0.3, 0.4) is 0 Å². The predicted octanol–water partition coefficient (Wildman–Crippen LogP) is 4.42. The summed E-state index contributed by atoms with van der Waals surface area (Å²) >= 11 is 6.10. The number of benzene rings is 2. The van der Waals surface area contributed by atoms with Crippen LogP contribution >= 0.6 is 11.6 Å². The van der Waals surface area contributed by atoms with Gasteiger partial charge in [0.1, 0.15) is 11.2 Å². The third-order valence-corrected chi connectivity index (χ3v) is 6.38. The molecule has 0 unspecified atom stereocenters. The molecule has 0 aliphatic carbocycles. The first kappa shape index (κ1) is 20.3. The molecule has 5 nitrogen and oxygen atoms in total. The molecular weight excluding hydrogens is 429 g/mol. The first-order valence-electron chi connectivity index (χ1n) is 10.1. The number of carbonyl (C=O) groups is 1. The van der Waals surface area contributed by atoms with Gasteiger partial charge in [0.2, 0.25) is 5.91 Å². The molecular formula is C22H20ClF3N4O. The quantitative estimate of drug-likeness (QED) is 0.628. The smallest absolute Gasteiger partial charge is 0.326 e. The maximum Gasteiger partial charge on any atom is 0.389 e. The average molecular weight is 449 g/mol. The molecule has 1 saturated heterocycles. The lowest BCUT2D eigenvalue weighted by Crippen LogP contribution is -2.61. The highest BCUT2D eigenvalue weighted by Gasteiger charge is 2.54. The molecule has 2 aliphatic rings. The van der Waals surface area contributed by atoms with Crippen molar-refractivity contribution in [1.29, 1.82) is 0 Å². The van der Waals surface area contributed by atoms with Crippen LogP contribution in [0.15, 0.2) is 42.5 Å². The minimum atomic E-state index is -4.21. The summed E-state index contributed by atoms with van der Waals surface area (Å²) in [7, 11) is 0. The Labute approximate surface area is 181 Å². The van der Waals surface area contributed by atoms with E-state index < -0.39 is 18.0 Å². The Balaban J connectivity index is 1.51. The van der Waals surface area contributed by atoms with Crippen molar-refractivity contribution in [1.82, 2.24) is 14.9 Å². The number of fused-ring (bicyclic) bond motifs is 3. The second-order valence-corrected chi connectivity index (χ2v) is 8.56. The second kappa shape index (κ2) is 7.24. The Kier molecular flexibility index (Phi) is 4.75. The van der Waals surface area contributed by atoms with E-state index in [0.29, 0.717) is 35.0 Å². The van der Waals surface area contributed by atoms with Crippen LogP contribution in [0.1, 0.15) is 24.2 Å². The van der Waals surface area contributed by atoms with E-state index >= 15 is 0 Å². The molecule has 31 heavy (non-hydrogen) atoms. The van der Waals surface area contributed by atoms with E-state index in [2.05, 4.69) is 10.3 Å². The van der Waals surface area contributed by atoms with Gasteiger partial charge < -0.3 is 14.8 Å². The van der Waals surface area contributed by atoms with Crippen molar-refractivity contribution in [2.24, 2.45) is 0 Å². The van der Waals surface area contributed by atoms with Gasteiger partial charge in [0, 0.05) is 36.8 Å². The summed E-state index contributed by atoms with van der Waals surface area (Å²) in [5.41, 5.74) is 2.57. The average Bonchev–Trinajstić information content (AvgIpc) is 3.13. The highest BCUT2D eigenvalue weighted by Crippen LogP contribution is 2.44. The summed E-state index contributed by atoms with van der Waals surface area (Å²) in [6, 6.07) is 12.8. The van der Waals surface area contributed by atoms with Gasteiger partial charge >= 0.3 is 6.18 Å². The number of aryl methyl sites for hydroxylation is 1. The van der Waals surface area contributed by atoms with Crippen molar-refractivity contribution in [2.75, 3.05) is 18.0 Å². The van der Waals surface area contributed by atoms with E-state index in [9.17, 15) is 18.0 Å². The van der Waals surface area contributed by atoms with Gasteiger partial charge in [-0.1, -0.05) is 29.8 Å². The number of imidazole rings is 1. The summed E-state index contributed by atoms with van der Waals surface area (Å²) < 4.78 is 40.0. The van der Waals surface area contributed by atoms with E-state index in [1.54, 1.807) is 27.7 Å². The molecule has 3 aromatic rings. The van der Waals surface area contributed by atoms with E-state index in [4.69, 9.17) is 11.6 Å². The van der Waals surface area contributed by atoms with E-state index in [-0.39, 0.29) is 25.4 Å². The molecule has 0 bridgehead atoms. The Hall–Kier alpha value is -2.58. The zero-order valence-electron chi connectivity index (χ0n) is 16.5. The molecule has 1 N–H and O–H groups in total. The summed E-state index contributed by atoms with van der Waals surface area (Å²) in [6.07, 6.45) is -5.16. The summed E-state index contributed by atoms with van der Waals surface area (Å²) in [5, 5.41) is 3.69. The van der Waals surface area contributed by atoms with E-state index in [1.165, 1.54) is 0 Å². The Morgan fingerprint density at radius 1 is 1.16 bits per heavy atom. The predicted molar refractivity (Wildman–Crippen MR) is 112 cm³/mol. The van der Waals surface area contributed by atoms with Crippen molar-refractivity contribution >= 4 is 34.2 Å². The van der Waals surface area contributed by atoms with Crippen LogP contribution in [0.25, 0.3) is 11.0 Å². The van der Waals surface area contributed by atoms with Crippen molar-refractivity contribution in [2.45, 2.75) is 37.5 Å². The number of hydrogen-bond acceptors (Lipinski definition) is 3. The minimum absolute atomic E-state index is 0.000574. The number of halogens is 4. The topological polar surface area (TPSA) is 50.2 Å². The first-order valence-corrected chi connectivity index (χ1v) is 10.5. The molecule has 0 saturated carbocycles. The number of nitrogens with zero attached hydrogens (tertiary/aromatic N) is 3. The SMILES string of the molecule is O=C1N(Cc2nc3cc(Cl)ccc3n2CCCC(F)(F)F)c2ccccc2C12CNC2. The zero-order chi connectivity index (χ0) is 21.8. The van der Waals surface area contributed by atoms with Crippen molar-refractivity contribution in [3.63, 3.8) is 0 Å². The van der Waals surface area contributed by atoms with Gasteiger partial charge in [0.05, 0.1) is 17.6 Å². The number of carbonyl (C=O) groups excluding carboxylic acids is 1. The maximum atomic E-state index is 13.4. The van der Waals surface area contributed by atoms with Crippen LogP contribution < -0.4 is 10.2 Å². The van der Waals surface area contributed by atoms with Crippen LogP contribution in [0.2, 0.25) is 5.02 Å².